The molecule has 0 aromatic heterocycles. The Bertz CT molecular complexity index is 961. The highest BCUT2D eigenvalue weighted by atomic mass is 35.5. The van der Waals surface area contributed by atoms with Crippen LogP contribution in [-0.2, 0) is 10.0 Å². The van der Waals surface area contributed by atoms with Gasteiger partial charge in [-0.25, -0.2) is 13.1 Å². The number of hydrogen-bond donors (Lipinski definition) is 1. The number of hydrogen-bond acceptors (Lipinski definition) is 4. The molecule has 8 heteroatoms. The molecule has 0 unspecified atom stereocenters. The standard InChI is InChI=1S/C22H27Cl2N3O2S/c23-17-8-10-20(11-9-17)30(28,29)25-21-6-1-2-7-22(21)27-14-12-26(13-15-27)19-5-3-4-18(24)16-19/h3-5,8-11,16,21-22,25H,1-2,6-7,12-15H2/t21-,22+/m0/s1. The minimum absolute atomic E-state index is 0.0721. The second-order valence-corrected chi connectivity index (χ2v) is 10.6. The monoisotopic (exact) mass is 467 g/mol. The van der Waals surface area contributed by atoms with Gasteiger partial charge in [0, 0.05) is 54.0 Å². The van der Waals surface area contributed by atoms with Crippen LogP contribution in [0.5, 0.6) is 0 Å². The van der Waals surface area contributed by atoms with Crippen molar-refractivity contribution in [1.29, 1.82) is 0 Å². The molecule has 0 radical (unpaired) electrons. The van der Waals surface area contributed by atoms with E-state index in [9.17, 15) is 8.42 Å². The van der Waals surface area contributed by atoms with Crippen LogP contribution in [0, 0.1) is 0 Å². The number of halogens is 2. The van der Waals surface area contributed by atoms with Crippen LogP contribution < -0.4 is 9.62 Å². The van der Waals surface area contributed by atoms with E-state index in [4.69, 9.17) is 23.2 Å². The first-order valence-corrected chi connectivity index (χ1v) is 12.7. The van der Waals surface area contributed by atoms with Crippen molar-refractivity contribution in [2.45, 2.75) is 42.7 Å². The van der Waals surface area contributed by atoms with Crippen molar-refractivity contribution in [2.75, 3.05) is 31.1 Å². The van der Waals surface area contributed by atoms with Crippen LogP contribution in [0.15, 0.2) is 53.4 Å². The second-order valence-electron chi connectivity index (χ2n) is 8.04. The van der Waals surface area contributed by atoms with Crippen LogP contribution >= 0.6 is 23.2 Å². The highest BCUT2D eigenvalue weighted by Gasteiger charge is 2.34. The maximum Gasteiger partial charge on any atom is 0.240 e. The van der Waals surface area contributed by atoms with Crippen molar-refractivity contribution >= 4 is 38.9 Å². The van der Waals surface area contributed by atoms with Gasteiger partial charge in [-0.05, 0) is 55.3 Å². The summed E-state index contributed by atoms with van der Waals surface area (Å²) in [5.74, 6) is 0. The highest BCUT2D eigenvalue weighted by Crippen LogP contribution is 2.28. The van der Waals surface area contributed by atoms with E-state index in [1.165, 1.54) is 0 Å². The predicted octanol–water partition coefficient (Wildman–Crippen LogP) is 4.41. The molecule has 5 nitrogen and oxygen atoms in total. The first-order valence-electron chi connectivity index (χ1n) is 10.4. The van der Waals surface area contributed by atoms with Crippen molar-refractivity contribution < 1.29 is 8.42 Å². The number of nitrogens with one attached hydrogen (secondary N) is 1. The van der Waals surface area contributed by atoms with Gasteiger partial charge in [0.05, 0.1) is 4.90 Å². The maximum absolute atomic E-state index is 12.9. The topological polar surface area (TPSA) is 52.7 Å². The molecule has 0 amide bonds. The number of benzene rings is 2. The molecule has 4 rings (SSSR count). The SMILES string of the molecule is O=S(=O)(N[C@H]1CCCC[C@H]1N1CCN(c2cccc(Cl)c2)CC1)c1ccc(Cl)cc1. The van der Waals surface area contributed by atoms with Crippen LogP contribution in [0.2, 0.25) is 10.0 Å². The summed E-state index contributed by atoms with van der Waals surface area (Å²) in [6.45, 7) is 3.65. The minimum Gasteiger partial charge on any atom is -0.369 e. The molecule has 2 aromatic rings. The van der Waals surface area contributed by atoms with Gasteiger partial charge in [0.1, 0.15) is 0 Å². The first kappa shape index (κ1) is 21.9. The average molecular weight is 468 g/mol. The smallest absolute Gasteiger partial charge is 0.240 e. The summed E-state index contributed by atoms with van der Waals surface area (Å²) in [5.41, 5.74) is 1.14. The third-order valence-electron chi connectivity index (χ3n) is 6.12. The Balaban J connectivity index is 1.42. The molecule has 2 atom stereocenters. The van der Waals surface area contributed by atoms with E-state index in [1.54, 1.807) is 24.3 Å². The summed E-state index contributed by atoms with van der Waals surface area (Å²) in [4.78, 5) is 5.06. The van der Waals surface area contributed by atoms with Crippen LogP contribution in [0.3, 0.4) is 0 Å². The van der Waals surface area contributed by atoms with E-state index in [-0.39, 0.29) is 17.0 Å². The normalized spacial score (nSPS) is 23.5. The third-order valence-corrected chi connectivity index (χ3v) is 8.11. The molecule has 30 heavy (non-hydrogen) atoms. The van der Waals surface area contributed by atoms with Crippen molar-refractivity contribution in [1.82, 2.24) is 9.62 Å². The molecule has 1 saturated heterocycles. The van der Waals surface area contributed by atoms with Crippen LogP contribution in [-0.4, -0.2) is 51.6 Å². The lowest BCUT2D eigenvalue weighted by molar-refractivity contribution is 0.124. The van der Waals surface area contributed by atoms with Gasteiger partial charge in [-0.2, -0.15) is 0 Å². The van der Waals surface area contributed by atoms with E-state index in [0.29, 0.717) is 5.02 Å². The number of sulfonamides is 1. The Morgan fingerprint density at radius 2 is 1.57 bits per heavy atom. The van der Waals surface area contributed by atoms with E-state index >= 15 is 0 Å². The lowest BCUT2D eigenvalue weighted by Gasteiger charge is -2.44. The van der Waals surface area contributed by atoms with E-state index in [2.05, 4.69) is 20.6 Å². The largest absolute Gasteiger partial charge is 0.369 e. The number of anilines is 1. The highest BCUT2D eigenvalue weighted by molar-refractivity contribution is 7.89. The Kier molecular flexibility index (Phi) is 6.90. The number of rotatable bonds is 5. The predicted molar refractivity (Wildman–Crippen MR) is 123 cm³/mol. The fourth-order valence-corrected chi connectivity index (χ4v) is 6.17. The Labute approximate surface area is 189 Å². The summed E-state index contributed by atoms with van der Waals surface area (Å²) >= 11 is 12.1. The van der Waals surface area contributed by atoms with Crippen molar-refractivity contribution in [3.8, 4) is 0 Å². The summed E-state index contributed by atoms with van der Waals surface area (Å²) < 4.78 is 28.8. The lowest BCUT2D eigenvalue weighted by atomic mass is 9.89. The lowest BCUT2D eigenvalue weighted by Crippen LogP contribution is -2.58. The maximum atomic E-state index is 12.9. The zero-order valence-electron chi connectivity index (χ0n) is 16.8. The molecule has 1 N–H and O–H groups in total. The summed E-state index contributed by atoms with van der Waals surface area (Å²) in [6.07, 6.45) is 4.07. The van der Waals surface area contributed by atoms with Crippen molar-refractivity contribution in [3.63, 3.8) is 0 Å². The fraction of sp³-hybridized carbons (Fsp3) is 0.455. The van der Waals surface area contributed by atoms with Gasteiger partial charge in [-0.3, -0.25) is 4.90 Å². The molecule has 162 valence electrons. The summed E-state index contributed by atoms with van der Waals surface area (Å²) in [6, 6.07) is 14.5. The van der Waals surface area contributed by atoms with Gasteiger partial charge < -0.3 is 4.90 Å². The summed E-state index contributed by atoms with van der Waals surface area (Å²) in [5, 5.41) is 1.28. The molecule has 2 fully saturated rings. The van der Waals surface area contributed by atoms with Crippen LogP contribution in [0.4, 0.5) is 5.69 Å². The number of piperazine rings is 1. The molecule has 1 saturated carbocycles. The van der Waals surface area contributed by atoms with Crippen molar-refractivity contribution in [2.24, 2.45) is 0 Å². The van der Waals surface area contributed by atoms with Gasteiger partial charge in [-0.1, -0.05) is 42.1 Å². The van der Waals surface area contributed by atoms with Crippen LogP contribution in [0.1, 0.15) is 25.7 Å². The average Bonchev–Trinajstić information content (AvgIpc) is 2.74. The van der Waals surface area contributed by atoms with Gasteiger partial charge in [-0.15, -0.1) is 0 Å². The van der Waals surface area contributed by atoms with Gasteiger partial charge in [0.2, 0.25) is 10.0 Å². The van der Waals surface area contributed by atoms with Crippen molar-refractivity contribution in [3.05, 3.63) is 58.6 Å². The van der Waals surface area contributed by atoms with Gasteiger partial charge >= 0.3 is 0 Å². The second kappa shape index (κ2) is 9.45. The molecule has 2 aliphatic rings. The molecular weight excluding hydrogens is 441 g/mol. The molecule has 0 spiro atoms. The molecule has 1 aliphatic carbocycles. The van der Waals surface area contributed by atoms with Crippen LogP contribution in [0.25, 0.3) is 0 Å². The van der Waals surface area contributed by atoms with Gasteiger partial charge in [0.25, 0.3) is 0 Å². The quantitative estimate of drug-likeness (QED) is 0.707. The van der Waals surface area contributed by atoms with Gasteiger partial charge in [0.15, 0.2) is 0 Å². The van der Waals surface area contributed by atoms with E-state index in [1.807, 2.05) is 18.2 Å². The van der Waals surface area contributed by atoms with E-state index < -0.39 is 10.0 Å². The molecule has 0 bridgehead atoms. The molecule has 1 heterocycles. The zero-order chi connectivity index (χ0) is 21.1. The Hall–Kier alpha value is -1.31. The zero-order valence-corrected chi connectivity index (χ0v) is 19.1. The minimum atomic E-state index is -3.57. The fourth-order valence-electron chi connectivity index (χ4n) is 4.55. The number of nitrogens with zero attached hydrogens (tertiary/aromatic N) is 2. The summed E-state index contributed by atoms with van der Waals surface area (Å²) in [7, 11) is -3.57. The first-order chi connectivity index (χ1) is 14.4. The molecule has 1 aliphatic heterocycles. The Morgan fingerprint density at radius 1 is 0.867 bits per heavy atom. The van der Waals surface area contributed by atoms with E-state index in [0.717, 1.165) is 62.6 Å². The Morgan fingerprint density at radius 3 is 2.27 bits per heavy atom. The molecular formula is C22H27Cl2N3O2S. The third kappa shape index (κ3) is 5.11. The molecule has 2 aromatic carbocycles.